The van der Waals surface area contributed by atoms with E-state index in [1.165, 1.54) is 32.1 Å². The normalized spacial score (nSPS) is 20.4. The van der Waals surface area contributed by atoms with Gasteiger partial charge in [0.05, 0.1) is 12.2 Å². The smallest absolute Gasteiger partial charge is 0.273 e. The third-order valence-corrected chi connectivity index (χ3v) is 5.24. The van der Waals surface area contributed by atoms with E-state index < -0.39 is 0 Å². The fraction of sp³-hybridized carbons (Fsp3) is 0.812. The van der Waals surface area contributed by atoms with Crippen LogP contribution in [0, 0.1) is 5.41 Å². The van der Waals surface area contributed by atoms with Crippen molar-refractivity contribution in [2.75, 3.05) is 19.6 Å². The van der Waals surface area contributed by atoms with Gasteiger partial charge in [-0.25, -0.2) is 4.68 Å². The fourth-order valence-corrected chi connectivity index (χ4v) is 3.71. The number of amides is 1. The lowest BCUT2D eigenvalue weighted by Crippen LogP contribution is -2.42. The van der Waals surface area contributed by atoms with Crippen molar-refractivity contribution >= 4 is 18.3 Å². The zero-order valence-corrected chi connectivity index (χ0v) is 14.7. The number of piperidine rings is 1. The Hall–Kier alpha value is -1.14. The van der Waals surface area contributed by atoms with Gasteiger partial charge in [-0.3, -0.25) is 4.79 Å². The Morgan fingerprint density at radius 3 is 2.78 bits per heavy atom. The van der Waals surface area contributed by atoms with E-state index in [0.29, 0.717) is 17.2 Å². The summed E-state index contributed by atoms with van der Waals surface area (Å²) in [4.78, 5) is 12.3. The third-order valence-electron chi connectivity index (χ3n) is 5.24. The minimum Gasteiger partial charge on any atom is -0.350 e. The molecule has 0 bridgehead atoms. The van der Waals surface area contributed by atoms with Crippen molar-refractivity contribution in [1.29, 1.82) is 0 Å². The Morgan fingerprint density at radius 1 is 1.43 bits per heavy atom. The van der Waals surface area contributed by atoms with E-state index in [1.54, 1.807) is 6.20 Å². The lowest BCUT2D eigenvalue weighted by molar-refractivity contribution is 0.0828. The van der Waals surface area contributed by atoms with Gasteiger partial charge in [-0.1, -0.05) is 25.0 Å². The monoisotopic (exact) mass is 341 g/mol. The Morgan fingerprint density at radius 2 is 2.17 bits per heavy atom. The number of carbonyl (C=O) groups excluding carboxylic acids is 1. The summed E-state index contributed by atoms with van der Waals surface area (Å²) in [5.41, 5.74) is 0.791. The summed E-state index contributed by atoms with van der Waals surface area (Å²) in [6, 6.07) is 0.369. The molecule has 0 radical (unpaired) electrons. The molecule has 1 saturated carbocycles. The van der Waals surface area contributed by atoms with Crippen LogP contribution in [0.2, 0.25) is 0 Å². The molecule has 1 aromatic heterocycles. The molecule has 1 aliphatic carbocycles. The topological polar surface area (TPSA) is 71.8 Å². The zero-order chi connectivity index (χ0) is 15.4. The molecule has 2 fully saturated rings. The van der Waals surface area contributed by atoms with Crippen molar-refractivity contribution < 1.29 is 4.79 Å². The molecule has 1 aliphatic heterocycles. The van der Waals surface area contributed by atoms with Gasteiger partial charge >= 0.3 is 0 Å². The lowest BCUT2D eigenvalue weighted by Gasteiger charge is -2.42. The van der Waals surface area contributed by atoms with Crippen molar-refractivity contribution in [2.24, 2.45) is 5.41 Å². The number of nitrogens with zero attached hydrogens (tertiary/aromatic N) is 3. The quantitative estimate of drug-likeness (QED) is 0.833. The van der Waals surface area contributed by atoms with Crippen LogP contribution in [-0.4, -0.2) is 40.5 Å². The molecule has 2 heterocycles. The van der Waals surface area contributed by atoms with Crippen LogP contribution in [0.1, 0.15) is 68.4 Å². The predicted octanol–water partition coefficient (Wildman–Crippen LogP) is 2.32. The van der Waals surface area contributed by atoms with Gasteiger partial charge in [0.2, 0.25) is 0 Å². The molecule has 7 heteroatoms. The van der Waals surface area contributed by atoms with Crippen LogP contribution >= 0.6 is 12.4 Å². The molecule has 0 spiro atoms. The number of carbonyl (C=O) groups is 1. The maximum absolute atomic E-state index is 12.3. The average Bonchev–Trinajstić information content (AvgIpc) is 3.00. The molecule has 130 valence electrons. The number of hydrogen-bond donors (Lipinski definition) is 2. The molecule has 1 amide bonds. The van der Waals surface area contributed by atoms with Gasteiger partial charge in [0, 0.05) is 6.54 Å². The van der Waals surface area contributed by atoms with E-state index in [0.717, 1.165) is 32.5 Å². The molecule has 0 atom stereocenters. The second kappa shape index (κ2) is 8.11. The summed E-state index contributed by atoms with van der Waals surface area (Å²) >= 11 is 0. The maximum Gasteiger partial charge on any atom is 0.273 e. The lowest BCUT2D eigenvalue weighted by atomic mass is 9.66. The third kappa shape index (κ3) is 4.23. The molecule has 0 unspecified atom stereocenters. The number of rotatable bonds is 6. The number of nitrogens with one attached hydrogen (secondary N) is 2. The van der Waals surface area contributed by atoms with E-state index in [4.69, 9.17) is 0 Å². The van der Waals surface area contributed by atoms with E-state index in [-0.39, 0.29) is 18.3 Å². The molecule has 2 N–H and O–H groups in total. The number of halogens is 1. The van der Waals surface area contributed by atoms with Crippen LogP contribution in [0.25, 0.3) is 0 Å². The van der Waals surface area contributed by atoms with Crippen molar-refractivity contribution in [2.45, 2.75) is 57.9 Å². The number of hydrogen-bond acceptors (Lipinski definition) is 4. The Balaban J connectivity index is 0.00000192. The first-order chi connectivity index (χ1) is 10.7. The first-order valence-corrected chi connectivity index (χ1v) is 8.63. The summed E-state index contributed by atoms with van der Waals surface area (Å²) in [5, 5.41) is 14.6. The van der Waals surface area contributed by atoms with Crippen LogP contribution in [0.15, 0.2) is 6.20 Å². The van der Waals surface area contributed by atoms with Crippen LogP contribution < -0.4 is 10.6 Å². The summed E-state index contributed by atoms with van der Waals surface area (Å²) in [5.74, 6) is -0.0810. The van der Waals surface area contributed by atoms with Gasteiger partial charge in [0.25, 0.3) is 5.91 Å². The molecule has 3 rings (SSSR count). The molecule has 6 nitrogen and oxygen atoms in total. The standard InChI is InChI=1S/C16H27N5O.ClH/c1-2-6-16(7-3-8-16)12-18-15(22)14-11-21(20-19-14)13-4-9-17-10-5-13;/h11,13,17H,2-10,12H2,1H3,(H,18,22);1H. The Kier molecular flexibility index (Phi) is 6.41. The van der Waals surface area contributed by atoms with Gasteiger partial charge in [0.15, 0.2) is 5.69 Å². The Labute approximate surface area is 144 Å². The van der Waals surface area contributed by atoms with Gasteiger partial charge in [0.1, 0.15) is 0 Å². The summed E-state index contributed by atoms with van der Waals surface area (Å²) in [6.45, 7) is 5.00. The van der Waals surface area contributed by atoms with E-state index in [9.17, 15) is 4.79 Å². The molecule has 2 aliphatic rings. The average molecular weight is 342 g/mol. The van der Waals surface area contributed by atoms with Crippen molar-refractivity contribution in [1.82, 2.24) is 25.6 Å². The van der Waals surface area contributed by atoms with Crippen LogP contribution in [0.5, 0.6) is 0 Å². The minimum absolute atomic E-state index is 0. The minimum atomic E-state index is -0.0810. The highest BCUT2D eigenvalue weighted by molar-refractivity contribution is 5.91. The molecule has 1 aromatic rings. The van der Waals surface area contributed by atoms with Crippen LogP contribution in [0.4, 0.5) is 0 Å². The molecule has 1 saturated heterocycles. The predicted molar refractivity (Wildman–Crippen MR) is 91.9 cm³/mol. The molecular formula is C16H28ClN5O. The van der Waals surface area contributed by atoms with E-state index in [2.05, 4.69) is 27.9 Å². The molecular weight excluding hydrogens is 314 g/mol. The largest absolute Gasteiger partial charge is 0.350 e. The first kappa shape index (κ1) is 18.2. The van der Waals surface area contributed by atoms with Crippen molar-refractivity contribution in [3.05, 3.63) is 11.9 Å². The van der Waals surface area contributed by atoms with Gasteiger partial charge < -0.3 is 10.6 Å². The van der Waals surface area contributed by atoms with Crippen molar-refractivity contribution in [3.63, 3.8) is 0 Å². The summed E-state index contributed by atoms with van der Waals surface area (Å²) < 4.78 is 1.86. The molecule has 0 aromatic carbocycles. The zero-order valence-electron chi connectivity index (χ0n) is 13.9. The van der Waals surface area contributed by atoms with Crippen LogP contribution in [0.3, 0.4) is 0 Å². The highest BCUT2D eigenvalue weighted by Gasteiger charge is 2.36. The summed E-state index contributed by atoms with van der Waals surface area (Å²) in [7, 11) is 0. The second-order valence-electron chi connectivity index (χ2n) is 6.85. The highest BCUT2D eigenvalue weighted by atomic mass is 35.5. The van der Waals surface area contributed by atoms with Gasteiger partial charge in [-0.2, -0.15) is 0 Å². The highest BCUT2D eigenvalue weighted by Crippen LogP contribution is 2.44. The fourth-order valence-electron chi connectivity index (χ4n) is 3.71. The van der Waals surface area contributed by atoms with E-state index in [1.807, 2.05) is 4.68 Å². The van der Waals surface area contributed by atoms with Crippen LogP contribution in [-0.2, 0) is 0 Å². The van der Waals surface area contributed by atoms with Gasteiger partial charge in [-0.15, -0.1) is 17.5 Å². The maximum atomic E-state index is 12.3. The van der Waals surface area contributed by atoms with E-state index >= 15 is 0 Å². The van der Waals surface area contributed by atoms with Gasteiger partial charge in [-0.05, 0) is 50.6 Å². The SMILES string of the molecule is CCCC1(CNC(=O)c2cn(C3CCNCC3)nn2)CCC1.Cl. The number of aromatic nitrogens is 3. The Bertz CT molecular complexity index is 508. The first-order valence-electron chi connectivity index (χ1n) is 8.63. The molecule has 23 heavy (non-hydrogen) atoms. The second-order valence-corrected chi connectivity index (χ2v) is 6.85. The van der Waals surface area contributed by atoms with Crippen molar-refractivity contribution in [3.8, 4) is 0 Å². The summed E-state index contributed by atoms with van der Waals surface area (Å²) in [6.07, 6.45) is 10.1.